The Kier molecular flexibility index (Phi) is 3.76. The Balaban J connectivity index is 2.64. The number of hydrogen-bond donors (Lipinski definition) is 1. The normalized spacial score (nSPS) is 18.5. The van der Waals surface area contributed by atoms with Gasteiger partial charge in [-0.05, 0) is 18.4 Å². The summed E-state index contributed by atoms with van der Waals surface area (Å²) in [4.78, 5) is 11.2. The second-order valence-corrected chi connectivity index (χ2v) is 2.98. The lowest BCUT2D eigenvalue weighted by Crippen LogP contribution is -2.27. The minimum atomic E-state index is -0.328. The molecule has 1 atom stereocenters. The highest BCUT2D eigenvalue weighted by molar-refractivity contribution is 5.75. The van der Waals surface area contributed by atoms with Crippen molar-refractivity contribution in [3.8, 4) is 0 Å². The van der Waals surface area contributed by atoms with Gasteiger partial charge in [0.2, 0.25) is 0 Å². The fraction of sp³-hybridized carbons (Fsp3) is 0.667. The SMILES string of the molecule is COC(=O)C(CN)C1=COCCC1. The predicted molar refractivity (Wildman–Crippen MR) is 47.8 cm³/mol. The van der Waals surface area contributed by atoms with Crippen molar-refractivity contribution in [3.05, 3.63) is 11.8 Å². The average molecular weight is 185 g/mol. The molecule has 1 unspecified atom stereocenters. The number of esters is 1. The molecule has 4 nitrogen and oxygen atoms in total. The third-order valence-corrected chi connectivity index (χ3v) is 2.13. The summed E-state index contributed by atoms with van der Waals surface area (Å²) in [5.41, 5.74) is 6.43. The van der Waals surface area contributed by atoms with Crippen LogP contribution in [0.15, 0.2) is 11.8 Å². The molecule has 1 heterocycles. The van der Waals surface area contributed by atoms with E-state index in [0.717, 1.165) is 25.0 Å². The molecule has 0 aliphatic carbocycles. The van der Waals surface area contributed by atoms with Gasteiger partial charge in [-0.2, -0.15) is 0 Å². The summed E-state index contributed by atoms with van der Waals surface area (Å²) in [6.45, 7) is 1.00. The second kappa shape index (κ2) is 4.87. The minimum Gasteiger partial charge on any atom is -0.501 e. The minimum absolute atomic E-state index is 0.278. The summed E-state index contributed by atoms with van der Waals surface area (Å²) in [7, 11) is 1.37. The van der Waals surface area contributed by atoms with Gasteiger partial charge in [-0.3, -0.25) is 4.79 Å². The third-order valence-electron chi connectivity index (χ3n) is 2.13. The third kappa shape index (κ3) is 2.45. The topological polar surface area (TPSA) is 61.5 Å². The Morgan fingerprint density at radius 2 is 2.62 bits per heavy atom. The zero-order chi connectivity index (χ0) is 9.68. The fourth-order valence-corrected chi connectivity index (χ4v) is 1.38. The molecular formula is C9H15NO3. The van der Waals surface area contributed by atoms with Gasteiger partial charge in [0.1, 0.15) is 0 Å². The fourth-order valence-electron chi connectivity index (χ4n) is 1.38. The maximum absolute atomic E-state index is 11.2. The van der Waals surface area contributed by atoms with Crippen LogP contribution >= 0.6 is 0 Å². The molecule has 13 heavy (non-hydrogen) atoms. The number of hydrogen-bond acceptors (Lipinski definition) is 4. The van der Waals surface area contributed by atoms with Gasteiger partial charge in [0.05, 0.1) is 25.9 Å². The summed E-state index contributed by atoms with van der Waals surface area (Å²) in [5.74, 6) is -0.607. The van der Waals surface area contributed by atoms with Crippen LogP contribution in [0, 0.1) is 5.92 Å². The van der Waals surface area contributed by atoms with Crippen molar-refractivity contribution in [1.29, 1.82) is 0 Å². The van der Waals surface area contributed by atoms with Gasteiger partial charge in [-0.1, -0.05) is 0 Å². The lowest BCUT2D eigenvalue weighted by atomic mass is 9.95. The van der Waals surface area contributed by atoms with Crippen molar-refractivity contribution in [2.45, 2.75) is 12.8 Å². The number of ether oxygens (including phenoxy) is 2. The molecule has 0 aromatic carbocycles. The molecule has 0 saturated carbocycles. The van der Waals surface area contributed by atoms with Crippen LogP contribution in [-0.4, -0.2) is 26.2 Å². The van der Waals surface area contributed by atoms with Crippen LogP contribution in [0.3, 0.4) is 0 Å². The van der Waals surface area contributed by atoms with E-state index in [0.29, 0.717) is 0 Å². The van der Waals surface area contributed by atoms with Crippen molar-refractivity contribution in [2.24, 2.45) is 11.7 Å². The van der Waals surface area contributed by atoms with Crippen LogP contribution < -0.4 is 5.73 Å². The molecule has 1 rings (SSSR count). The number of carbonyl (C=O) groups is 1. The van der Waals surface area contributed by atoms with Crippen molar-refractivity contribution >= 4 is 5.97 Å². The molecule has 2 N–H and O–H groups in total. The van der Waals surface area contributed by atoms with Gasteiger partial charge < -0.3 is 15.2 Å². The maximum Gasteiger partial charge on any atom is 0.314 e. The molecular weight excluding hydrogens is 170 g/mol. The highest BCUT2D eigenvalue weighted by Gasteiger charge is 2.23. The van der Waals surface area contributed by atoms with Crippen LogP contribution in [0.2, 0.25) is 0 Å². The van der Waals surface area contributed by atoms with Gasteiger partial charge >= 0.3 is 5.97 Å². The van der Waals surface area contributed by atoms with Gasteiger partial charge in [0.25, 0.3) is 0 Å². The van der Waals surface area contributed by atoms with E-state index in [-0.39, 0.29) is 18.4 Å². The number of rotatable bonds is 3. The lowest BCUT2D eigenvalue weighted by Gasteiger charge is -2.19. The van der Waals surface area contributed by atoms with E-state index in [1.165, 1.54) is 7.11 Å². The average Bonchev–Trinajstić information content (AvgIpc) is 2.20. The maximum atomic E-state index is 11.2. The molecule has 0 radical (unpaired) electrons. The van der Waals surface area contributed by atoms with Crippen LogP contribution in [0.1, 0.15) is 12.8 Å². The molecule has 74 valence electrons. The molecule has 0 saturated heterocycles. The van der Waals surface area contributed by atoms with Crippen LogP contribution in [0.5, 0.6) is 0 Å². The van der Waals surface area contributed by atoms with Crippen LogP contribution in [-0.2, 0) is 14.3 Å². The molecule has 0 aromatic rings. The zero-order valence-corrected chi connectivity index (χ0v) is 7.79. The van der Waals surface area contributed by atoms with Gasteiger partial charge in [0.15, 0.2) is 0 Å². The van der Waals surface area contributed by atoms with E-state index in [4.69, 9.17) is 10.5 Å². The monoisotopic (exact) mass is 185 g/mol. The molecule has 0 amide bonds. The number of methoxy groups -OCH3 is 1. The first-order valence-corrected chi connectivity index (χ1v) is 4.38. The summed E-state index contributed by atoms with van der Waals surface area (Å²) in [5, 5.41) is 0. The largest absolute Gasteiger partial charge is 0.501 e. The van der Waals surface area contributed by atoms with Gasteiger partial charge in [0, 0.05) is 6.54 Å². The summed E-state index contributed by atoms with van der Waals surface area (Å²) < 4.78 is 9.78. The van der Waals surface area contributed by atoms with Crippen molar-refractivity contribution in [3.63, 3.8) is 0 Å². The van der Waals surface area contributed by atoms with Gasteiger partial charge in [-0.15, -0.1) is 0 Å². The van der Waals surface area contributed by atoms with E-state index < -0.39 is 0 Å². The molecule has 0 aromatic heterocycles. The Hall–Kier alpha value is -1.03. The molecule has 0 bridgehead atoms. The van der Waals surface area contributed by atoms with Crippen LogP contribution in [0.4, 0.5) is 0 Å². The quantitative estimate of drug-likeness (QED) is 0.648. The molecule has 1 aliphatic heterocycles. The van der Waals surface area contributed by atoms with E-state index in [1.807, 2.05) is 0 Å². The summed E-state index contributed by atoms with van der Waals surface area (Å²) in [6.07, 6.45) is 3.45. The first kappa shape index (κ1) is 10.1. The number of nitrogens with two attached hydrogens (primary N) is 1. The van der Waals surface area contributed by atoms with Crippen molar-refractivity contribution in [1.82, 2.24) is 0 Å². The number of carbonyl (C=O) groups excluding carboxylic acids is 1. The highest BCUT2D eigenvalue weighted by Crippen LogP contribution is 2.20. The lowest BCUT2D eigenvalue weighted by molar-refractivity contribution is -0.143. The molecule has 0 spiro atoms. The molecule has 0 fully saturated rings. The smallest absolute Gasteiger partial charge is 0.314 e. The summed E-state index contributed by atoms with van der Waals surface area (Å²) in [6, 6.07) is 0. The Labute approximate surface area is 77.7 Å². The van der Waals surface area contributed by atoms with E-state index in [2.05, 4.69) is 4.74 Å². The Morgan fingerprint density at radius 3 is 3.08 bits per heavy atom. The zero-order valence-electron chi connectivity index (χ0n) is 7.79. The Bertz CT molecular complexity index is 213. The van der Waals surface area contributed by atoms with Crippen molar-refractivity contribution in [2.75, 3.05) is 20.3 Å². The van der Waals surface area contributed by atoms with Gasteiger partial charge in [-0.25, -0.2) is 0 Å². The molecule has 1 aliphatic rings. The standard InChI is InChI=1S/C9H15NO3/c1-12-9(11)8(5-10)7-3-2-4-13-6-7/h6,8H,2-5,10H2,1H3. The van der Waals surface area contributed by atoms with E-state index in [1.54, 1.807) is 6.26 Å². The molecule has 4 heteroatoms. The van der Waals surface area contributed by atoms with Crippen LogP contribution in [0.25, 0.3) is 0 Å². The first-order chi connectivity index (χ1) is 6.29. The first-order valence-electron chi connectivity index (χ1n) is 4.38. The van der Waals surface area contributed by atoms with E-state index in [9.17, 15) is 4.79 Å². The highest BCUT2D eigenvalue weighted by atomic mass is 16.5. The van der Waals surface area contributed by atoms with E-state index >= 15 is 0 Å². The second-order valence-electron chi connectivity index (χ2n) is 2.98. The Morgan fingerprint density at radius 1 is 1.85 bits per heavy atom. The van der Waals surface area contributed by atoms with Crippen molar-refractivity contribution < 1.29 is 14.3 Å². The predicted octanol–water partition coefficient (Wildman–Crippen LogP) is 0.429. The summed E-state index contributed by atoms with van der Waals surface area (Å²) >= 11 is 0.